The molecule has 0 aromatic heterocycles. The summed E-state index contributed by atoms with van der Waals surface area (Å²) in [5, 5.41) is 2.98. The van der Waals surface area contributed by atoms with Crippen molar-refractivity contribution in [1.82, 2.24) is 10.2 Å². The summed E-state index contributed by atoms with van der Waals surface area (Å²) in [6.07, 6.45) is 2.33. The minimum atomic E-state index is -0.246. The monoisotopic (exact) mass is 411 g/mol. The van der Waals surface area contributed by atoms with Gasteiger partial charge in [0.1, 0.15) is 5.82 Å². The summed E-state index contributed by atoms with van der Waals surface area (Å²) < 4.78 is 13.8. The van der Waals surface area contributed by atoms with E-state index in [-0.39, 0.29) is 23.5 Å². The highest BCUT2D eigenvalue weighted by molar-refractivity contribution is 5.94. The lowest BCUT2D eigenvalue weighted by Gasteiger charge is -2.32. The molecule has 1 fully saturated rings. The molecule has 1 heterocycles. The zero-order chi connectivity index (χ0) is 21.5. The Morgan fingerprint density at radius 1 is 1.17 bits per heavy atom. The van der Waals surface area contributed by atoms with E-state index in [0.717, 1.165) is 24.8 Å². The summed E-state index contributed by atoms with van der Waals surface area (Å²) in [7, 11) is 1.84. The number of carbonyl (C=O) groups is 2. The number of hydrogen-bond acceptors (Lipinski definition) is 3. The first-order valence-electron chi connectivity index (χ1n) is 10.5. The molecule has 2 aromatic carbocycles. The molecule has 1 N–H and O–H groups in total. The summed E-state index contributed by atoms with van der Waals surface area (Å²) in [5.74, 6) is -0.453. The van der Waals surface area contributed by atoms with Gasteiger partial charge in [-0.3, -0.25) is 9.59 Å². The number of hydrogen-bond donors (Lipinski definition) is 1. The second-order valence-corrected chi connectivity index (χ2v) is 7.97. The Morgan fingerprint density at radius 3 is 2.63 bits per heavy atom. The zero-order valence-corrected chi connectivity index (χ0v) is 17.7. The standard InChI is InChI=1S/C24H30FN3O2/c1-18-10-12-19(13-11-18)24(30)28-16-5-7-20(17-28)23(29)26-14-6-15-27(2)22-9-4-3-8-21(22)25/h3-4,8-13,20H,5-7,14-17H2,1-2H3,(H,26,29). The van der Waals surface area contributed by atoms with Crippen LogP contribution in [0.25, 0.3) is 0 Å². The number of benzene rings is 2. The Kier molecular flexibility index (Phi) is 7.44. The van der Waals surface area contributed by atoms with Crippen LogP contribution in [0.2, 0.25) is 0 Å². The number of para-hydroxylation sites is 1. The van der Waals surface area contributed by atoms with Gasteiger partial charge in [-0.1, -0.05) is 29.8 Å². The minimum absolute atomic E-state index is 0.00930. The van der Waals surface area contributed by atoms with Crippen molar-refractivity contribution in [3.05, 3.63) is 65.5 Å². The van der Waals surface area contributed by atoms with Crippen molar-refractivity contribution in [2.24, 2.45) is 5.92 Å². The van der Waals surface area contributed by atoms with Gasteiger partial charge in [0.2, 0.25) is 5.91 Å². The molecule has 1 saturated heterocycles. The summed E-state index contributed by atoms with van der Waals surface area (Å²) in [4.78, 5) is 29.0. The summed E-state index contributed by atoms with van der Waals surface area (Å²) in [6, 6.07) is 14.2. The first-order valence-corrected chi connectivity index (χ1v) is 10.5. The molecule has 0 radical (unpaired) electrons. The number of nitrogens with one attached hydrogen (secondary N) is 1. The SMILES string of the molecule is Cc1ccc(C(=O)N2CCCC(C(=O)NCCCN(C)c3ccccc3F)C2)cc1. The van der Waals surface area contributed by atoms with Crippen LogP contribution in [-0.2, 0) is 4.79 Å². The number of nitrogens with zero attached hydrogens (tertiary/aromatic N) is 2. The van der Waals surface area contributed by atoms with Gasteiger partial charge in [-0.2, -0.15) is 0 Å². The Balaban J connectivity index is 1.44. The first kappa shape index (κ1) is 21.8. The number of aryl methyl sites for hydroxylation is 1. The molecule has 0 spiro atoms. The van der Waals surface area contributed by atoms with Gasteiger partial charge in [-0.25, -0.2) is 4.39 Å². The minimum Gasteiger partial charge on any atom is -0.372 e. The molecule has 0 aliphatic carbocycles. The van der Waals surface area contributed by atoms with E-state index in [4.69, 9.17) is 0 Å². The molecule has 1 aliphatic heterocycles. The van der Waals surface area contributed by atoms with E-state index < -0.39 is 0 Å². The van der Waals surface area contributed by atoms with Gasteiger partial charge in [-0.05, 0) is 50.5 Å². The Morgan fingerprint density at radius 2 is 1.90 bits per heavy atom. The molecule has 1 atom stereocenters. The third kappa shape index (κ3) is 5.59. The quantitative estimate of drug-likeness (QED) is 0.708. The summed E-state index contributed by atoms with van der Waals surface area (Å²) in [6.45, 7) is 4.30. The van der Waals surface area contributed by atoms with Crippen molar-refractivity contribution in [3.8, 4) is 0 Å². The number of carbonyl (C=O) groups excluding carboxylic acids is 2. The average molecular weight is 412 g/mol. The normalized spacial score (nSPS) is 16.2. The van der Waals surface area contributed by atoms with Crippen LogP contribution in [0.4, 0.5) is 10.1 Å². The van der Waals surface area contributed by atoms with Gasteiger partial charge >= 0.3 is 0 Å². The Labute approximate surface area is 177 Å². The second kappa shape index (κ2) is 10.2. The van der Waals surface area contributed by atoms with Crippen LogP contribution in [0.15, 0.2) is 48.5 Å². The lowest BCUT2D eigenvalue weighted by molar-refractivity contribution is -0.126. The van der Waals surface area contributed by atoms with Crippen molar-refractivity contribution in [2.45, 2.75) is 26.2 Å². The van der Waals surface area contributed by atoms with Crippen LogP contribution in [0.3, 0.4) is 0 Å². The molecule has 1 unspecified atom stereocenters. The highest BCUT2D eigenvalue weighted by Crippen LogP contribution is 2.20. The van der Waals surface area contributed by atoms with Crippen molar-refractivity contribution in [2.75, 3.05) is 38.1 Å². The smallest absolute Gasteiger partial charge is 0.253 e. The van der Waals surface area contributed by atoms with Gasteiger partial charge in [-0.15, -0.1) is 0 Å². The highest BCUT2D eigenvalue weighted by Gasteiger charge is 2.28. The first-order chi connectivity index (χ1) is 14.5. The van der Waals surface area contributed by atoms with Crippen molar-refractivity contribution in [1.29, 1.82) is 0 Å². The maximum atomic E-state index is 13.8. The fraction of sp³-hybridized carbons (Fsp3) is 0.417. The van der Waals surface area contributed by atoms with Gasteiger partial charge in [0.05, 0.1) is 11.6 Å². The van der Waals surface area contributed by atoms with Gasteiger partial charge in [0.15, 0.2) is 0 Å². The number of anilines is 1. The number of rotatable bonds is 7. The molecule has 0 bridgehead atoms. The van der Waals surface area contributed by atoms with Crippen LogP contribution < -0.4 is 10.2 Å². The molecule has 30 heavy (non-hydrogen) atoms. The van der Waals surface area contributed by atoms with Gasteiger partial charge < -0.3 is 15.1 Å². The summed E-state index contributed by atoms with van der Waals surface area (Å²) >= 11 is 0. The predicted molar refractivity (Wildman–Crippen MR) is 117 cm³/mol. The largest absolute Gasteiger partial charge is 0.372 e. The van der Waals surface area contributed by atoms with Crippen molar-refractivity contribution in [3.63, 3.8) is 0 Å². The van der Waals surface area contributed by atoms with Crippen LogP contribution in [-0.4, -0.2) is 49.9 Å². The fourth-order valence-corrected chi connectivity index (χ4v) is 3.81. The molecular formula is C24H30FN3O2. The van der Waals surface area contributed by atoms with Crippen LogP contribution in [0, 0.1) is 18.7 Å². The zero-order valence-electron chi connectivity index (χ0n) is 17.7. The molecule has 5 nitrogen and oxygen atoms in total. The van der Waals surface area contributed by atoms with E-state index in [1.807, 2.05) is 49.2 Å². The maximum absolute atomic E-state index is 13.8. The molecule has 6 heteroatoms. The highest BCUT2D eigenvalue weighted by atomic mass is 19.1. The Hall–Kier alpha value is -2.89. The maximum Gasteiger partial charge on any atom is 0.253 e. The number of likely N-dealkylation sites (tertiary alicyclic amines) is 1. The third-order valence-corrected chi connectivity index (χ3v) is 5.61. The molecule has 2 aromatic rings. The van der Waals surface area contributed by atoms with E-state index in [0.29, 0.717) is 37.4 Å². The lowest BCUT2D eigenvalue weighted by atomic mass is 9.96. The third-order valence-electron chi connectivity index (χ3n) is 5.61. The predicted octanol–water partition coefficient (Wildman–Crippen LogP) is 3.63. The molecular weight excluding hydrogens is 381 g/mol. The van der Waals surface area contributed by atoms with Crippen LogP contribution in [0.1, 0.15) is 35.2 Å². The van der Waals surface area contributed by atoms with E-state index in [2.05, 4.69) is 5.32 Å². The van der Waals surface area contributed by atoms with E-state index in [1.54, 1.807) is 17.0 Å². The van der Waals surface area contributed by atoms with Gasteiger partial charge in [0.25, 0.3) is 5.91 Å². The van der Waals surface area contributed by atoms with E-state index in [9.17, 15) is 14.0 Å². The molecule has 160 valence electrons. The van der Waals surface area contributed by atoms with E-state index >= 15 is 0 Å². The number of piperidine rings is 1. The molecule has 0 saturated carbocycles. The van der Waals surface area contributed by atoms with Crippen LogP contribution in [0.5, 0.6) is 0 Å². The summed E-state index contributed by atoms with van der Waals surface area (Å²) in [5.41, 5.74) is 2.34. The second-order valence-electron chi connectivity index (χ2n) is 7.97. The fourth-order valence-electron chi connectivity index (χ4n) is 3.81. The molecule has 1 aliphatic rings. The van der Waals surface area contributed by atoms with Crippen molar-refractivity contribution >= 4 is 17.5 Å². The molecule has 2 amide bonds. The van der Waals surface area contributed by atoms with Gasteiger partial charge in [0, 0.05) is 38.8 Å². The van der Waals surface area contributed by atoms with E-state index in [1.165, 1.54) is 6.07 Å². The molecule has 3 rings (SSSR count). The number of halogens is 1. The number of amides is 2. The van der Waals surface area contributed by atoms with Crippen molar-refractivity contribution < 1.29 is 14.0 Å². The average Bonchev–Trinajstić information content (AvgIpc) is 2.77. The Bertz CT molecular complexity index is 869. The van der Waals surface area contributed by atoms with Crippen LogP contribution >= 0.6 is 0 Å². The topological polar surface area (TPSA) is 52.7 Å². The lowest BCUT2D eigenvalue weighted by Crippen LogP contribution is -2.45.